The summed E-state index contributed by atoms with van der Waals surface area (Å²) in [6.07, 6.45) is 4.90. The Bertz CT molecular complexity index is 192. The van der Waals surface area contributed by atoms with Crippen LogP contribution in [0.4, 0.5) is 0 Å². The Balaban J connectivity index is 2.55. The molecule has 1 heterocycles. The summed E-state index contributed by atoms with van der Waals surface area (Å²) in [5.74, 6) is 0. The maximum Gasteiger partial charge on any atom is 0.191 e. The van der Waals surface area contributed by atoms with E-state index >= 15 is 0 Å². The number of nitrogens with zero attached hydrogens (tertiary/aromatic N) is 3. The van der Waals surface area contributed by atoms with Crippen molar-refractivity contribution in [3.63, 3.8) is 0 Å². The Morgan fingerprint density at radius 3 is 2.82 bits per heavy atom. The molecule has 0 spiro atoms. The van der Waals surface area contributed by atoms with Gasteiger partial charge in [-0.05, 0) is 6.42 Å². The van der Waals surface area contributed by atoms with E-state index in [0.717, 1.165) is 13.0 Å². The van der Waals surface area contributed by atoms with Gasteiger partial charge < -0.3 is 9.80 Å². The van der Waals surface area contributed by atoms with Gasteiger partial charge in [0.1, 0.15) is 6.07 Å². The topological polar surface area (TPSA) is 30.3 Å². The predicted molar refractivity (Wildman–Crippen MR) is 43.3 cm³/mol. The molecule has 1 rings (SSSR count). The molecule has 1 aliphatic heterocycles. The van der Waals surface area contributed by atoms with E-state index in [9.17, 15) is 0 Å². The first kappa shape index (κ1) is 7.93. The van der Waals surface area contributed by atoms with Crippen LogP contribution in [0, 0.1) is 11.3 Å². The van der Waals surface area contributed by atoms with Gasteiger partial charge in [-0.2, -0.15) is 5.26 Å². The molecule has 0 aromatic rings. The molecule has 0 aromatic carbocycles. The summed E-state index contributed by atoms with van der Waals surface area (Å²) in [4.78, 5) is 3.95. The second-order valence-corrected chi connectivity index (χ2v) is 2.70. The number of hydrogen-bond acceptors (Lipinski definition) is 3. The average molecular weight is 151 g/mol. The Morgan fingerprint density at radius 1 is 1.55 bits per heavy atom. The minimum Gasteiger partial charge on any atom is -0.347 e. The molecule has 1 unspecified atom stereocenters. The lowest BCUT2D eigenvalue weighted by molar-refractivity contribution is 0.230. The summed E-state index contributed by atoms with van der Waals surface area (Å²) < 4.78 is 0. The van der Waals surface area contributed by atoms with Crippen molar-refractivity contribution in [1.29, 1.82) is 5.26 Å². The fourth-order valence-corrected chi connectivity index (χ4v) is 1.21. The van der Waals surface area contributed by atoms with Crippen molar-refractivity contribution in [1.82, 2.24) is 9.80 Å². The standard InChI is InChI=1S/C8H13N3/c1-3-4-11-6-5-10(2)8(11)7-9/h5-6,8H,3-4H2,1-2H3. The van der Waals surface area contributed by atoms with Gasteiger partial charge in [-0.25, -0.2) is 0 Å². The minimum atomic E-state index is -0.0880. The average Bonchev–Trinajstić information content (AvgIpc) is 2.33. The molecule has 0 fully saturated rings. The smallest absolute Gasteiger partial charge is 0.191 e. The minimum absolute atomic E-state index is 0.0880. The van der Waals surface area contributed by atoms with Crippen LogP contribution in [0.1, 0.15) is 13.3 Å². The zero-order valence-electron chi connectivity index (χ0n) is 6.99. The van der Waals surface area contributed by atoms with Gasteiger partial charge in [0.15, 0.2) is 6.17 Å². The summed E-state index contributed by atoms with van der Waals surface area (Å²) in [6.45, 7) is 3.07. The van der Waals surface area contributed by atoms with Crippen LogP contribution in [0.5, 0.6) is 0 Å². The normalized spacial score (nSPS) is 22.5. The van der Waals surface area contributed by atoms with Gasteiger partial charge in [-0.1, -0.05) is 6.92 Å². The van der Waals surface area contributed by atoms with Crippen LogP contribution in [-0.2, 0) is 0 Å². The Kier molecular flexibility index (Phi) is 2.37. The highest BCUT2D eigenvalue weighted by molar-refractivity contribution is 5.04. The number of nitriles is 1. The molecule has 0 aromatic heterocycles. The number of rotatable bonds is 2. The first-order valence-electron chi connectivity index (χ1n) is 3.85. The Morgan fingerprint density at radius 2 is 2.27 bits per heavy atom. The van der Waals surface area contributed by atoms with Gasteiger partial charge in [0.05, 0.1) is 0 Å². The highest BCUT2D eigenvalue weighted by atomic mass is 15.4. The zero-order chi connectivity index (χ0) is 8.27. The van der Waals surface area contributed by atoms with E-state index in [1.54, 1.807) is 0 Å². The number of hydrogen-bond donors (Lipinski definition) is 0. The highest BCUT2D eigenvalue weighted by Crippen LogP contribution is 2.12. The van der Waals surface area contributed by atoms with Crippen LogP contribution in [0.25, 0.3) is 0 Å². The quantitative estimate of drug-likeness (QED) is 0.589. The molecular weight excluding hydrogens is 138 g/mol. The largest absolute Gasteiger partial charge is 0.347 e. The molecular formula is C8H13N3. The first-order chi connectivity index (χ1) is 5.29. The summed E-state index contributed by atoms with van der Waals surface area (Å²) in [5.41, 5.74) is 0. The van der Waals surface area contributed by atoms with Gasteiger partial charge in [-0.15, -0.1) is 0 Å². The third kappa shape index (κ3) is 1.45. The van der Waals surface area contributed by atoms with E-state index in [-0.39, 0.29) is 6.17 Å². The van der Waals surface area contributed by atoms with E-state index in [1.165, 1.54) is 0 Å². The van der Waals surface area contributed by atoms with Crippen molar-refractivity contribution in [2.75, 3.05) is 13.6 Å². The summed E-state index contributed by atoms with van der Waals surface area (Å²) in [5, 5.41) is 8.76. The van der Waals surface area contributed by atoms with Gasteiger partial charge in [-0.3, -0.25) is 0 Å². The third-order valence-electron chi connectivity index (χ3n) is 1.79. The molecule has 3 nitrogen and oxygen atoms in total. The van der Waals surface area contributed by atoms with Crippen LogP contribution in [0.2, 0.25) is 0 Å². The molecule has 0 bridgehead atoms. The third-order valence-corrected chi connectivity index (χ3v) is 1.79. The van der Waals surface area contributed by atoms with Crippen LogP contribution in [-0.4, -0.2) is 29.6 Å². The maximum atomic E-state index is 8.76. The van der Waals surface area contributed by atoms with Gasteiger partial charge in [0.2, 0.25) is 0 Å². The molecule has 3 heteroatoms. The molecule has 0 saturated carbocycles. The fraction of sp³-hybridized carbons (Fsp3) is 0.625. The molecule has 1 aliphatic rings. The van der Waals surface area contributed by atoms with Crippen molar-refractivity contribution in [3.8, 4) is 6.07 Å². The SMILES string of the molecule is CCCN1C=CN(C)C1C#N. The van der Waals surface area contributed by atoms with Crippen molar-refractivity contribution < 1.29 is 0 Å². The highest BCUT2D eigenvalue weighted by Gasteiger charge is 2.21. The van der Waals surface area contributed by atoms with E-state index in [4.69, 9.17) is 5.26 Å². The van der Waals surface area contributed by atoms with Crippen molar-refractivity contribution in [2.24, 2.45) is 0 Å². The van der Waals surface area contributed by atoms with Crippen LogP contribution in [0.3, 0.4) is 0 Å². The van der Waals surface area contributed by atoms with E-state index in [1.807, 2.05) is 29.2 Å². The van der Waals surface area contributed by atoms with Gasteiger partial charge in [0, 0.05) is 26.0 Å². The Labute approximate surface area is 67.5 Å². The van der Waals surface area contributed by atoms with Gasteiger partial charge >= 0.3 is 0 Å². The molecule has 0 aliphatic carbocycles. The van der Waals surface area contributed by atoms with E-state index in [2.05, 4.69) is 13.0 Å². The molecule has 1 atom stereocenters. The van der Waals surface area contributed by atoms with Crippen LogP contribution < -0.4 is 0 Å². The molecule has 0 saturated heterocycles. The monoisotopic (exact) mass is 151 g/mol. The maximum absolute atomic E-state index is 8.76. The summed E-state index contributed by atoms with van der Waals surface area (Å²) >= 11 is 0. The zero-order valence-corrected chi connectivity index (χ0v) is 6.99. The lowest BCUT2D eigenvalue weighted by Gasteiger charge is -2.23. The molecule has 0 amide bonds. The molecule has 0 N–H and O–H groups in total. The molecule has 0 radical (unpaired) electrons. The van der Waals surface area contributed by atoms with E-state index in [0.29, 0.717) is 0 Å². The first-order valence-corrected chi connectivity index (χ1v) is 3.85. The summed E-state index contributed by atoms with van der Waals surface area (Å²) in [6, 6.07) is 2.24. The molecule has 60 valence electrons. The van der Waals surface area contributed by atoms with Gasteiger partial charge in [0.25, 0.3) is 0 Å². The second-order valence-electron chi connectivity index (χ2n) is 2.70. The van der Waals surface area contributed by atoms with Crippen molar-refractivity contribution >= 4 is 0 Å². The lowest BCUT2D eigenvalue weighted by atomic mass is 10.4. The predicted octanol–water partition coefficient (Wildman–Crippen LogP) is 0.965. The Hall–Kier alpha value is -1.17. The van der Waals surface area contributed by atoms with Crippen LogP contribution in [0.15, 0.2) is 12.4 Å². The summed E-state index contributed by atoms with van der Waals surface area (Å²) in [7, 11) is 1.92. The van der Waals surface area contributed by atoms with Crippen molar-refractivity contribution in [2.45, 2.75) is 19.5 Å². The van der Waals surface area contributed by atoms with E-state index < -0.39 is 0 Å². The van der Waals surface area contributed by atoms with Crippen molar-refractivity contribution in [3.05, 3.63) is 12.4 Å². The lowest BCUT2D eigenvalue weighted by Crippen LogP contribution is -2.35. The second kappa shape index (κ2) is 3.29. The molecule has 11 heavy (non-hydrogen) atoms. The van der Waals surface area contributed by atoms with Crippen LogP contribution >= 0.6 is 0 Å². The fourth-order valence-electron chi connectivity index (χ4n) is 1.21.